The summed E-state index contributed by atoms with van der Waals surface area (Å²) in [6, 6.07) is 5.96. The van der Waals surface area contributed by atoms with Crippen LogP contribution in [0.25, 0.3) is 0 Å². The van der Waals surface area contributed by atoms with Crippen LogP contribution in [0.2, 0.25) is 0 Å². The molecule has 0 aliphatic carbocycles. The highest BCUT2D eigenvalue weighted by molar-refractivity contribution is 5.82. The van der Waals surface area contributed by atoms with E-state index < -0.39 is 4.92 Å². The van der Waals surface area contributed by atoms with Crippen molar-refractivity contribution < 1.29 is 9.72 Å². The molecule has 1 aromatic carbocycles. The average Bonchev–Trinajstić information content (AvgIpc) is 2.92. The molecule has 1 amide bonds. The van der Waals surface area contributed by atoms with E-state index in [9.17, 15) is 14.9 Å². The first-order valence-electron chi connectivity index (χ1n) is 6.36. The van der Waals surface area contributed by atoms with Gasteiger partial charge in [-0.3, -0.25) is 14.9 Å². The highest BCUT2D eigenvalue weighted by atomic mass is 16.6. The Hall–Kier alpha value is -1.95. The predicted octanol–water partition coefficient (Wildman–Crippen LogP) is 1.52. The molecule has 2 atom stereocenters. The number of nitrogens with zero attached hydrogens (tertiary/aromatic N) is 1. The van der Waals surface area contributed by atoms with Crippen LogP contribution >= 0.6 is 0 Å². The van der Waals surface area contributed by atoms with Crippen LogP contribution in [0.4, 0.5) is 5.69 Å². The molecule has 2 N–H and O–H groups in total. The summed E-state index contributed by atoms with van der Waals surface area (Å²) in [5.41, 5.74) is 0.776. The Morgan fingerprint density at radius 3 is 3.00 bits per heavy atom. The zero-order valence-corrected chi connectivity index (χ0v) is 10.8. The fraction of sp³-hybridized carbons (Fsp3) is 0.462. The van der Waals surface area contributed by atoms with Gasteiger partial charge in [-0.1, -0.05) is 12.1 Å². The number of amides is 1. The predicted molar refractivity (Wildman–Crippen MR) is 70.7 cm³/mol. The Labute approximate surface area is 111 Å². The molecule has 1 unspecified atom stereocenters. The summed E-state index contributed by atoms with van der Waals surface area (Å²) in [7, 11) is 0. The van der Waals surface area contributed by atoms with Gasteiger partial charge >= 0.3 is 0 Å². The molecule has 1 aliphatic heterocycles. The minimum Gasteiger partial charge on any atom is -0.348 e. The summed E-state index contributed by atoms with van der Waals surface area (Å²) in [5, 5.41) is 16.7. The lowest BCUT2D eigenvalue weighted by molar-refractivity contribution is -0.384. The Bertz CT molecular complexity index is 484. The largest absolute Gasteiger partial charge is 0.348 e. The Morgan fingerprint density at radius 2 is 2.37 bits per heavy atom. The number of hydrogen-bond donors (Lipinski definition) is 2. The first-order chi connectivity index (χ1) is 9.08. The van der Waals surface area contributed by atoms with E-state index in [1.807, 2.05) is 6.92 Å². The molecule has 19 heavy (non-hydrogen) atoms. The Morgan fingerprint density at radius 1 is 1.58 bits per heavy atom. The van der Waals surface area contributed by atoms with Crippen molar-refractivity contribution in [1.29, 1.82) is 0 Å². The van der Waals surface area contributed by atoms with E-state index >= 15 is 0 Å². The third kappa shape index (κ3) is 3.29. The molecule has 1 saturated heterocycles. The van der Waals surface area contributed by atoms with Crippen LogP contribution in [-0.2, 0) is 4.79 Å². The van der Waals surface area contributed by atoms with Gasteiger partial charge in [0.05, 0.1) is 17.0 Å². The van der Waals surface area contributed by atoms with E-state index in [2.05, 4.69) is 10.6 Å². The quantitative estimate of drug-likeness (QED) is 0.637. The molecular weight excluding hydrogens is 246 g/mol. The topological polar surface area (TPSA) is 84.3 Å². The van der Waals surface area contributed by atoms with E-state index in [0.29, 0.717) is 0 Å². The standard InChI is InChI=1S/C13H17N3O3/c1-9(15-13(17)12-6-3-7-14-12)10-4-2-5-11(8-10)16(18)19/h2,4-5,8-9,12,14H,3,6-7H2,1H3,(H,15,17)/t9?,12-/m0/s1. The maximum Gasteiger partial charge on any atom is 0.269 e. The van der Waals surface area contributed by atoms with Gasteiger partial charge in [-0.15, -0.1) is 0 Å². The maximum absolute atomic E-state index is 11.9. The third-order valence-electron chi connectivity index (χ3n) is 3.32. The van der Waals surface area contributed by atoms with Crippen molar-refractivity contribution in [3.05, 3.63) is 39.9 Å². The van der Waals surface area contributed by atoms with Crippen molar-refractivity contribution in [2.24, 2.45) is 0 Å². The van der Waals surface area contributed by atoms with Crippen LogP contribution in [0.1, 0.15) is 31.4 Å². The lowest BCUT2D eigenvalue weighted by atomic mass is 10.1. The molecule has 0 spiro atoms. The van der Waals surface area contributed by atoms with Gasteiger partial charge in [0.1, 0.15) is 0 Å². The van der Waals surface area contributed by atoms with Gasteiger partial charge in [-0.25, -0.2) is 0 Å². The molecule has 1 heterocycles. The molecule has 2 rings (SSSR count). The van der Waals surface area contributed by atoms with Crippen molar-refractivity contribution in [3.63, 3.8) is 0 Å². The number of nitro benzene ring substituents is 1. The minimum absolute atomic E-state index is 0.0394. The van der Waals surface area contributed by atoms with Gasteiger partial charge in [-0.05, 0) is 31.9 Å². The van der Waals surface area contributed by atoms with Crippen LogP contribution in [-0.4, -0.2) is 23.4 Å². The lowest BCUT2D eigenvalue weighted by Crippen LogP contribution is -2.41. The van der Waals surface area contributed by atoms with E-state index in [-0.39, 0.29) is 23.7 Å². The van der Waals surface area contributed by atoms with Crippen molar-refractivity contribution in [3.8, 4) is 0 Å². The molecule has 0 bridgehead atoms. The van der Waals surface area contributed by atoms with Crippen LogP contribution in [0.15, 0.2) is 24.3 Å². The van der Waals surface area contributed by atoms with Gasteiger partial charge < -0.3 is 10.6 Å². The number of benzene rings is 1. The zero-order valence-electron chi connectivity index (χ0n) is 10.8. The Balaban J connectivity index is 2.02. The Kier molecular flexibility index (Phi) is 4.11. The molecule has 6 heteroatoms. The molecule has 1 fully saturated rings. The summed E-state index contributed by atoms with van der Waals surface area (Å²) in [4.78, 5) is 22.2. The number of hydrogen-bond acceptors (Lipinski definition) is 4. The van der Waals surface area contributed by atoms with E-state index in [4.69, 9.17) is 0 Å². The summed E-state index contributed by atoms with van der Waals surface area (Å²) in [6.07, 6.45) is 1.84. The monoisotopic (exact) mass is 263 g/mol. The number of carbonyl (C=O) groups is 1. The molecule has 0 saturated carbocycles. The van der Waals surface area contributed by atoms with Crippen LogP contribution in [0.3, 0.4) is 0 Å². The van der Waals surface area contributed by atoms with Gasteiger partial charge in [0.25, 0.3) is 5.69 Å². The van der Waals surface area contributed by atoms with E-state index in [0.717, 1.165) is 24.9 Å². The fourth-order valence-electron chi connectivity index (χ4n) is 2.21. The van der Waals surface area contributed by atoms with Crippen molar-refractivity contribution in [1.82, 2.24) is 10.6 Å². The number of non-ortho nitro benzene ring substituents is 1. The second-order valence-corrected chi connectivity index (χ2v) is 4.73. The number of carbonyl (C=O) groups excluding carboxylic acids is 1. The summed E-state index contributed by atoms with van der Waals surface area (Å²) >= 11 is 0. The lowest BCUT2D eigenvalue weighted by Gasteiger charge is -2.17. The van der Waals surface area contributed by atoms with Gasteiger partial charge in [0.2, 0.25) is 5.91 Å². The highest BCUT2D eigenvalue weighted by Gasteiger charge is 2.23. The van der Waals surface area contributed by atoms with Crippen molar-refractivity contribution in [2.75, 3.05) is 6.54 Å². The van der Waals surface area contributed by atoms with Crippen LogP contribution < -0.4 is 10.6 Å². The van der Waals surface area contributed by atoms with Gasteiger partial charge in [0.15, 0.2) is 0 Å². The fourth-order valence-corrected chi connectivity index (χ4v) is 2.21. The van der Waals surface area contributed by atoms with E-state index in [1.165, 1.54) is 12.1 Å². The second-order valence-electron chi connectivity index (χ2n) is 4.73. The first-order valence-corrected chi connectivity index (χ1v) is 6.36. The molecular formula is C13H17N3O3. The summed E-state index contributed by atoms with van der Waals surface area (Å²) in [5.74, 6) is -0.0449. The number of rotatable bonds is 4. The normalized spacial score (nSPS) is 19.9. The second kappa shape index (κ2) is 5.79. The smallest absolute Gasteiger partial charge is 0.269 e. The van der Waals surface area contributed by atoms with Crippen LogP contribution in [0, 0.1) is 10.1 Å². The van der Waals surface area contributed by atoms with Gasteiger partial charge in [0, 0.05) is 12.1 Å². The average molecular weight is 263 g/mol. The van der Waals surface area contributed by atoms with Crippen LogP contribution in [0.5, 0.6) is 0 Å². The molecule has 1 aliphatic rings. The third-order valence-corrected chi connectivity index (χ3v) is 3.32. The molecule has 1 aromatic rings. The minimum atomic E-state index is -0.434. The van der Waals surface area contributed by atoms with Gasteiger partial charge in [-0.2, -0.15) is 0 Å². The maximum atomic E-state index is 11.9. The number of nitro groups is 1. The number of nitrogens with one attached hydrogen (secondary N) is 2. The van der Waals surface area contributed by atoms with E-state index in [1.54, 1.807) is 12.1 Å². The molecule has 102 valence electrons. The van der Waals surface area contributed by atoms with Crippen molar-refractivity contribution in [2.45, 2.75) is 31.8 Å². The molecule has 0 aromatic heterocycles. The summed E-state index contributed by atoms with van der Waals surface area (Å²) < 4.78 is 0. The van der Waals surface area contributed by atoms with Crippen molar-refractivity contribution >= 4 is 11.6 Å². The highest BCUT2D eigenvalue weighted by Crippen LogP contribution is 2.19. The molecule has 6 nitrogen and oxygen atoms in total. The SMILES string of the molecule is CC(NC(=O)[C@@H]1CCCN1)c1cccc([N+](=O)[O-])c1. The molecule has 0 radical (unpaired) electrons. The summed E-state index contributed by atoms with van der Waals surface area (Å²) in [6.45, 7) is 2.69. The first kappa shape index (κ1) is 13.5. The zero-order chi connectivity index (χ0) is 13.8.